The predicted octanol–water partition coefficient (Wildman–Crippen LogP) is 2.66. The quantitative estimate of drug-likeness (QED) is 0.899. The number of benzene rings is 1. The Morgan fingerprint density at radius 1 is 1.32 bits per heavy atom. The van der Waals surface area contributed by atoms with E-state index in [0.29, 0.717) is 10.8 Å². The summed E-state index contributed by atoms with van der Waals surface area (Å²) in [5.41, 5.74) is -0.124. The fourth-order valence-electron chi connectivity index (χ4n) is 3.04. The maximum atomic E-state index is 12.9. The van der Waals surface area contributed by atoms with Gasteiger partial charge in [0.15, 0.2) is 0 Å². The van der Waals surface area contributed by atoms with Gasteiger partial charge in [0.1, 0.15) is 6.54 Å². The largest absolute Gasteiger partial charge is 0.406 e. The molecule has 0 saturated heterocycles. The number of amides is 1. The summed E-state index contributed by atoms with van der Waals surface area (Å²) < 4.78 is 38.7. The van der Waals surface area contributed by atoms with Gasteiger partial charge in [0.2, 0.25) is 5.91 Å². The van der Waals surface area contributed by atoms with Crippen LogP contribution in [0.25, 0.3) is 10.8 Å². The number of aromatic nitrogens is 2. The van der Waals surface area contributed by atoms with Crippen LogP contribution in [0.4, 0.5) is 13.2 Å². The van der Waals surface area contributed by atoms with E-state index in [9.17, 15) is 22.8 Å². The lowest BCUT2D eigenvalue weighted by Gasteiger charge is -2.30. The Morgan fingerprint density at radius 3 is 2.56 bits per heavy atom. The summed E-state index contributed by atoms with van der Waals surface area (Å²) >= 11 is 0. The Morgan fingerprint density at radius 2 is 1.96 bits per heavy atom. The molecular weight excluding hydrogens is 335 g/mol. The van der Waals surface area contributed by atoms with Gasteiger partial charge < -0.3 is 4.90 Å². The van der Waals surface area contributed by atoms with Crippen LogP contribution in [-0.2, 0) is 11.2 Å². The lowest BCUT2D eigenvalue weighted by atomic mass is 10.1. The fraction of sp³-hybridized carbons (Fsp3) is 0.471. The number of hydrogen-bond donors (Lipinski definition) is 1. The Hall–Kier alpha value is -2.38. The van der Waals surface area contributed by atoms with Crippen LogP contribution in [0.3, 0.4) is 0 Å². The summed E-state index contributed by atoms with van der Waals surface area (Å²) in [6.45, 7) is 0.379. The Labute approximate surface area is 141 Å². The molecule has 1 aliphatic rings. The lowest BCUT2D eigenvalue weighted by Crippen LogP contribution is -2.46. The highest BCUT2D eigenvalue weighted by atomic mass is 19.4. The molecule has 8 heteroatoms. The second kappa shape index (κ2) is 6.50. The molecule has 3 rings (SSSR count). The van der Waals surface area contributed by atoms with Crippen molar-refractivity contribution in [3.63, 3.8) is 0 Å². The molecule has 0 radical (unpaired) electrons. The lowest BCUT2D eigenvalue weighted by molar-refractivity contribution is -0.165. The molecule has 1 fully saturated rings. The number of carbonyl (C=O) groups is 1. The highest BCUT2D eigenvalue weighted by molar-refractivity contribution is 5.88. The van der Waals surface area contributed by atoms with E-state index in [4.69, 9.17) is 0 Å². The van der Waals surface area contributed by atoms with Crippen molar-refractivity contribution in [3.05, 3.63) is 40.3 Å². The zero-order valence-electron chi connectivity index (χ0n) is 13.6. The molecule has 0 bridgehead atoms. The van der Waals surface area contributed by atoms with Crippen molar-refractivity contribution in [2.45, 2.75) is 38.4 Å². The minimum Gasteiger partial charge on any atom is -0.330 e. The monoisotopic (exact) mass is 353 g/mol. The third kappa shape index (κ3) is 4.00. The molecule has 1 aromatic carbocycles. The van der Waals surface area contributed by atoms with E-state index in [1.807, 2.05) is 0 Å². The summed E-state index contributed by atoms with van der Waals surface area (Å²) in [6, 6.07) is 6.12. The van der Waals surface area contributed by atoms with Gasteiger partial charge in [-0.1, -0.05) is 18.2 Å². The topological polar surface area (TPSA) is 66.1 Å². The number of rotatable bonds is 5. The molecule has 1 N–H and O–H groups in total. The Bertz CT molecular complexity index is 843. The maximum Gasteiger partial charge on any atom is 0.406 e. The van der Waals surface area contributed by atoms with Gasteiger partial charge in [0.05, 0.1) is 17.5 Å². The van der Waals surface area contributed by atoms with Crippen LogP contribution in [0.5, 0.6) is 0 Å². The standard InChI is InChI=1S/C17H18F3N3O2/c1-10(11-6-7-11)23(9-17(18,19)20)15(24)8-14-12-4-2-3-5-13(12)16(25)22-21-14/h2-5,10-11H,6-9H2,1H3,(H,22,25)/t10-/m1/s1. The summed E-state index contributed by atoms with van der Waals surface area (Å²) in [6.07, 6.45) is -3.07. The van der Waals surface area contributed by atoms with Gasteiger partial charge in [-0.25, -0.2) is 5.10 Å². The number of H-pyrrole nitrogens is 1. The number of aromatic amines is 1. The summed E-state index contributed by atoms with van der Waals surface area (Å²) in [5.74, 6) is -0.520. The molecule has 25 heavy (non-hydrogen) atoms. The molecule has 1 amide bonds. The molecule has 1 saturated carbocycles. The average molecular weight is 353 g/mol. The third-order valence-electron chi connectivity index (χ3n) is 4.56. The first-order chi connectivity index (χ1) is 11.8. The van der Waals surface area contributed by atoms with Gasteiger partial charge in [0.25, 0.3) is 5.56 Å². The second-order valence-corrected chi connectivity index (χ2v) is 6.44. The van der Waals surface area contributed by atoms with Crippen LogP contribution in [0.15, 0.2) is 29.1 Å². The number of nitrogens with zero attached hydrogens (tertiary/aromatic N) is 2. The molecule has 1 heterocycles. The van der Waals surface area contributed by atoms with Crippen LogP contribution >= 0.6 is 0 Å². The van der Waals surface area contributed by atoms with Gasteiger partial charge >= 0.3 is 6.18 Å². The molecular formula is C17H18F3N3O2. The van der Waals surface area contributed by atoms with Crippen molar-refractivity contribution in [3.8, 4) is 0 Å². The molecule has 1 atom stereocenters. The van der Waals surface area contributed by atoms with Gasteiger partial charge in [-0.3, -0.25) is 9.59 Å². The van der Waals surface area contributed by atoms with Crippen LogP contribution in [0, 0.1) is 5.92 Å². The summed E-state index contributed by atoms with van der Waals surface area (Å²) in [7, 11) is 0. The second-order valence-electron chi connectivity index (χ2n) is 6.44. The molecule has 5 nitrogen and oxygen atoms in total. The van der Waals surface area contributed by atoms with Crippen molar-refractivity contribution in [1.82, 2.24) is 15.1 Å². The predicted molar refractivity (Wildman–Crippen MR) is 86.0 cm³/mol. The van der Waals surface area contributed by atoms with Gasteiger partial charge in [-0.2, -0.15) is 18.3 Å². The molecule has 134 valence electrons. The van der Waals surface area contributed by atoms with Crippen LogP contribution in [0.2, 0.25) is 0 Å². The molecule has 2 aromatic rings. The van der Waals surface area contributed by atoms with Crippen LogP contribution in [0.1, 0.15) is 25.5 Å². The van der Waals surface area contributed by atoms with Crippen molar-refractivity contribution < 1.29 is 18.0 Å². The van der Waals surface area contributed by atoms with Crippen molar-refractivity contribution in [2.75, 3.05) is 6.54 Å². The van der Waals surface area contributed by atoms with Gasteiger partial charge in [0, 0.05) is 11.4 Å². The number of fused-ring (bicyclic) bond motifs is 1. The zero-order chi connectivity index (χ0) is 18.2. The number of alkyl halides is 3. The van der Waals surface area contributed by atoms with Crippen molar-refractivity contribution in [1.29, 1.82) is 0 Å². The van der Waals surface area contributed by atoms with Gasteiger partial charge in [-0.15, -0.1) is 0 Å². The number of nitrogens with one attached hydrogen (secondary N) is 1. The summed E-state index contributed by atoms with van der Waals surface area (Å²) in [4.78, 5) is 25.3. The van der Waals surface area contributed by atoms with E-state index in [2.05, 4.69) is 10.2 Å². The fourth-order valence-corrected chi connectivity index (χ4v) is 3.04. The van der Waals surface area contributed by atoms with Crippen molar-refractivity contribution >= 4 is 16.7 Å². The SMILES string of the molecule is C[C@H](C1CC1)N(CC(F)(F)F)C(=O)Cc1n[nH]c(=O)c2ccccc12. The smallest absolute Gasteiger partial charge is 0.330 e. The Balaban J connectivity index is 1.88. The average Bonchev–Trinajstić information content (AvgIpc) is 3.39. The first-order valence-electron chi connectivity index (χ1n) is 8.09. The first-order valence-corrected chi connectivity index (χ1v) is 8.09. The third-order valence-corrected chi connectivity index (χ3v) is 4.56. The normalized spacial score (nSPS) is 16.0. The van der Waals surface area contributed by atoms with E-state index in [-0.39, 0.29) is 18.0 Å². The molecule has 0 aliphatic heterocycles. The maximum absolute atomic E-state index is 12.9. The first kappa shape index (κ1) is 17.4. The van der Waals surface area contributed by atoms with E-state index < -0.39 is 30.2 Å². The number of hydrogen-bond acceptors (Lipinski definition) is 3. The van der Waals surface area contributed by atoms with Gasteiger partial charge in [-0.05, 0) is 31.7 Å². The molecule has 0 unspecified atom stereocenters. The van der Waals surface area contributed by atoms with E-state index in [0.717, 1.165) is 17.7 Å². The van der Waals surface area contributed by atoms with E-state index in [1.165, 1.54) is 0 Å². The van der Waals surface area contributed by atoms with E-state index in [1.54, 1.807) is 31.2 Å². The Kier molecular flexibility index (Phi) is 4.53. The highest BCUT2D eigenvalue weighted by Crippen LogP contribution is 2.36. The zero-order valence-corrected chi connectivity index (χ0v) is 13.6. The molecule has 0 spiro atoms. The van der Waals surface area contributed by atoms with Crippen LogP contribution < -0.4 is 5.56 Å². The minimum atomic E-state index is -4.46. The molecule has 1 aromatic heterocycles. The van der Waals surface area contributed by atoms with Crippen molar-refractivity contribution in [2.24, 2.45) is 5.92 Å². The van der Waals surface area contributed by atoms with E-state index >= 15 is 0 Å². The van der Waals surface area contributed by atoms with Crippen LogP contribution in [-0.4, -0.2) is 39.8 Å². The molecule has 1 aliphatic carbocycles. The number of carbonyl (C=O) groups excluding carboxylic acids is 1. The minimum absolute atomic E-state index is 0.117. The summed E-state index contributed by atoms with van der Waals surface area (Å²) in [5, 5.41) is 7.02. The number of halogens is 3. The highest BCUT2D eigenvalue weighted by Gasteiger charge is 2.40.